The molecule has 58 heavy (non-hydrogen) atoms. The van der Waals surface area contributed by atoms with Gasteiger partial charge in [-0.2, -0.15) is 0 Å². The van der Waals surface area contributed by atoms with Gasteiger partial charge < -0.3 is 14.5 Å². The molecule has 10 rings (SSSR count). The number of allylic oxidation sites excluding steroid dienone is 6. The summed E-state index contributed by atoms with van der Waals surface area (Å²) >= 11 is 0. The highest BCUT2D eigenvalue weighted by Gasteiger charge is 2.52. The van der Waals surface area contributed by atoms with Crippen molar-refractivity contribution in [1.29, 1.82) is 0 Å². The van der Waals surface area contributed by atoms with Crippen LogP contribution in [-0.4, -0.2) is 5.54 Å². The SMILES string of the molecule is C=C1/C=C\C=C/OC2=C1C=CC1(C)C2c2ccc(-c3ccc(N(c4ccc(-c5ccccc5)cc4)c4ccc(-c5ccccc5)cc4)cc3)cc2N1c1ccccc1. The fourth-order valence-corrected chi connectivity index (χ4v) is 8.86. The first kappa shape index (κ1) is 35.1. The molecular weight excluding hydrogens is 705 g/mol. The van der Waals surface area contributed by atoms with Gasteiger partial charge in [0.25, 0.3) is 0 Å². The maximum atomic E-state index is 6.46. The lowest BCUT2D eigenvalue weighted by Gasteiger charge is -2.41. The Morgan fingerprint density at radius 1 is 0.534 bits per heavy atom. The fourth-order valence-electron chi connectivity index (χ4n) is 8.86. The van der Waals surface area contributed by atoms with Crippen molar-refractivity contribution in [2.75, 3.05) is 9.80 Å². The Balaban J connectivity index is 1.04. The summed E-state index contributed by atoms with van der Waals surface area (Å²) in [5, 5.41) is 0. The topological polar surface area (TPSA) is 15.7 Å². The van der Waals surface area contributed by atoms with Gasteiger partial charge in [0.15, 0.2) is 0 Å². The minimum Gasteiger partial charge on any atom is -0.468 e. The summed E-state index contributed by atoms with van der Waals surface area (Å²) in [5.74, 6) is 0.906. The van der Waals surface area contributed by atoms with E-state index in [4.69, 9.17) is 4.74 Å². The van der Waals surface area contributed by atoms with E-state index >= 15 is 0 Å². The third-order valence-corrected chi connectivity index (χ3v) is 11.7. The number of nitrogens with zero attached hydrogens (tertiary/aromatic N) is 2. The Labute approximate surface area is 341 Å². The van der Waals surface area contributed by atoms with E-state index in [2.05, 4.69) is 224 Å². The van der Waals surface area contributed by atoms with E-state index < -0.39 is 5.54 Å². The predicted octanol–water partition coefficient (Wildman–Crippen LogP) is 14.6. The van der Waals surface area contributed by atoms with Gasteiger partial charge in [0.1, 0.15) is 5.76 Å². The molecular formula is C55H42N2O. The summed E-state index contributed by atoms with van der Waals surface area (Å²) in [6.07, 6.45) is 12.3. The van der Waals surface area contributed by atoms with Crippen molar-refractivity contribution in [2.24, 2.45) is 0 Å². The van der Waals surface area contributed by atoms with Gasteiger partial charge in [-0.25, -0.2) is 0 Å². The van der Waals surface area contributed by atoms with Crippen molar-refractivity contribution >= 4 is 28.4 Å². The molecule has 7 aromatic rings. The van der Waals surface area contributed by atoms with Crippen LogP contribution < -0.4 is 9.80 Å². The molecule has 2 heterocycles. The maximum Gasteiger partial charge on any atom is 0.121 e. The summed E-state index contributed by atoms with van der Waals surface area (Å²) in [4.78, 5) is 4.82. The first-order chi connectivity index (χ1) is 28.5. The molecule has 1 aliphatic carbocycles. The second-order valence-corrected chi connectivity index (χ2v) is 15.3. The number of hydrogen-bond acceptors (Lipinski definition) is 3. The Morgan fingerprint density at radius 3 is 1.57 bits per heavy atom. The van der Waals surface area contributed by atoms with Crippen LogP contribution in [0.1, 0.15) is 18.4 Å². The van der Waals surface area contributed by atoms with Crippen LogP contribution in [0.15, 0.2) is 242 Å². The Kier molecular flexibility index (Phi) is 8.84. The lowest BCUT2D eigenvalue weighted by atomic mass is 9.75. The Hall–Kier alpha value is -7.36. The highest BCUT2D eigenvalue weighted by Crippen LogP contribution is 2.58. The summed E-state index contributed by atoms with van der Waals surface area (Å²) in [5.41, 5.74) is 15.5. The van der Waals surface area contributed by atoms with Crippen molar-refractivity contribution in [3.8, 4) is 33.4 Å². The normalized spacial score (nSPS) is 18.9. The lowest BCUT2D eigenvalue weighted by molar-refractivity contribution is 0.287. The molecule has 7 aromatic carbocycles. The van der Waals surface area contributed by atoms with Crippen LogP contribution in [0.25, 0.3) is 33.4 Å². The van der Waals surface area contributed by atoms with Gasteiger partial charge in [0, 0.05) is 34.0 Å². The standard InChI is InChI=1S/C55H42N2O/c1-39-14-12-13-37-58-54-50(39)35-36-55(2)53(54)51-34-27-45(38-52(51)57(55)49-19-10-5-11-20-49)44-25-32-48(33-26-44)56(46-28-21-42(22-29-46)40-15-6-3-7-16-40)47-30-23-43(24-31-47)41-17-8-4-9-18-41/h3-38,53H,1H2,2H3/b14-12-,37-13-. The van der Waals surface area contributed by atoms with E-state index in [0.717, 1.165) is 50.8 Å². The van der Waals surface area contributed by atoms with Crippen LogP contribution in [0.4, 0.5) is 28.4 Å². The number of fused-ring (bicyclic) bond motifs is 4. The van der Waals surface area contributed by atoms with Crippen molar-refractivity contribution in [1.82, 2.24) is 0 Å². The number of rotatable bonds is 7. The third kappa shape index (κ3) is 6.18. The highest BCUT2D eigenvalue weighted by molar-refractivity contribution is 5.85. The molecule has 0 saturated heterocycles. The summed E-state index contributed by atoms with van der Waals surface area (Å²) in [6.45, 7) is 6.70. The molecule has 0 radical (unpaired) electrons. The van der Waals surface area contributed by atoms with Crippen LogP contribution >= 0.6 is 0 Å². The molecule has 3 aliphatic rings. The van der Waals surface area contributed by atoms with E-state index in [0.29, 0.717) is 0 Å². The largest absolute Gasteiger partial charge is 0.468 e. The number of ether oxygens (including phenoxy) is 1. The molecule has 2 unspecified atom stereocenters. The van der Waals surface area contributed by atoms with Crippen molar-refractivity contribution in [3.05, 3.63) is 248 Å². The fraction of sp³-hybridized carbons (Fsp3) is 0.0545. The van der Waals surface area contributed by atoms with Gasteiger partial charge in [-0.1, -0.05) is 158 Å². The van der Waals surface area contributed by atoms with Crippen molar-refractivity contribution < 1.29 is 4.74 Å². The number of benzene rings is 7. The van der Waals surface area contributed by atoms with Crippen LogP contribution in [0, 0.1) is 0 Å². The molecule has 278 valence electrons. The van der Waals surface area contributed by atoms with Crippen LogP contribution in [0.2, 0.25) is 0 Å². The van der Waals surface area contributed by atoms with E-state index in [1.54, 1.807) is 6.26 Å². The van der Waals surface area contributed by atoms with E-state index in [1.165, 1.54) is 33.5 Å². The van der Waals surface area contributed by atoms with Crippen LogP contribution in [0.5, 0.6) is 0 Å². The van der Waals surface area contributed by atoms with E-state index in [1.807, 2.05) is 12.2 Å². The molecule has 3 heteroatoms. The maximum absolute atomic E-state index is 6.46. The minimum atomic E-state index is -0.394. The monoisotopic (exact) mass is 746 g/mol. The molecule has 0 bridgehead atoms. The molecule has 0 amide bonds. The van der Waals surface area contributed by atoms with Crippen molar-refractivity contribution in [2.45, 2.75) is 18.4 Å². The number of anilines is 5. The average molecular weight is 747 g/mol. The van der Waals surface area contributed by atoms with Crippen molar-refractivity contribution in [3.63, 3.8) is 0 Å². The second-order valence-electron chi connectivity index (χ2n) is 15.3. The Bertz CT molecular complexity index is 2660. The molecule has 2 aliphatic heterocycles. The quantitative estimate of drug-likeness (QED) is 0.162. The third-order valence-electron chi connectivity index (χ3n) is 11.7. The molecule has 2 atom stereocenters. The smallest absolute Gasteiger partial charge is 0.121 e. The lowest BCUT2D eigenvalue weighted by Crippen LogP contribution is -2.44. The minimum absolute atomic E-state index is 0.0258. The number of hydrogen-bond donors (Lipinski definition) is 0. The molecule has 0 fully saturated rings. The zero-order valence-electron chi connectivity index (χ0n) is 32.4. The van der Waals surface area contributed by atoms with Gasteiger partial charge in [-0.3, -0.25) is 0 Å². The summed E-state index contributed by atoms with van der Waals surface area (Å²) in [6, 6.07) is 65.4. The van der Waals surface area contributed by atoms with Gasteiger partial charge in [0.05, 0.1) is 17.7 Å². The predicted molar refractivity (Wildman–Crippen MR) is 242 cm³/mol. The van der Waals surface area contributed by atoms with Gasteiger partial charge in [0.2, 0.25) is 0 Å². The molecule has 0 aromatic heterocycles. The zero-order valence-corrected chi connectivity index (χ0v) is 32.4. The summed E-state index contributed by atoms with van der Waals surface area (Å²) < 4.78 is 6.46. The zero-order chi connectivity index (χ0) is 39.1. The first-order valence-electron chi connectivity index (χ1n) is 19.9. The van der Waals surface area contributed by atoms with Crippen LogP contribution in [0.3, 0.4) is 0 Å². The van der Waals surface area contributed by atoms with Gasteiger partial charge in [-0.15, -0.1) is 0 Å². The highest BCUT2D eigenvalue weighted by atomic mass is 16.5. The number of para-hydroxylation sites is 1. The van der Waals surface area contributed by atoms with E-state index in [-0.39, 0.29) is 5.92 Å². The average Bonchev–Trinajstić information content (AvgIpc) is 3.55. The van der Waals surface area contributed by atoms with Crippen LogP contribution in [-0.2, 0) is 4.74 Å². The first-order valence-corrected chi connectivity index (χ1v) is 19.9. The second kappa shape index (κ2) is 14.6. The summed E-state index contributed by atoms with van der Waals surface area (Å²) in [7, 11) is 0. The molecule has 3 nitrogen and oxygen atoms in total. The van der Waals surface area contributed by atoms with E-state index in [9.17, 15) is 0 Å². The molecule has 0 saturated carbocycles. The van der Waals surface area contributed by atoms with Gasteiger partial charge >= 0.3 is 0 Å². The van der Waals surface area contributed by atoms with Gasteiger partial charge in [-0.05, 0) is 112 Å². The Morgan fingerprint density at radius 2 is 1.02 bits per heavy atom. The molecule has 0 spiro atoms. The molecule has 0 N–H and O–H groups in total.